The smallest absolute Gasteiger partial charge is 0.410 e. The van der Waals surface area contributed by atoms with Crippen molar-refractivity contribution in [3.05, 3.63) is 18.1 Å². The maximum atomic E-state index is 13.8. The van der Waals surface area contributed by atoms with Crippen LogP contribution in [0.5, 0.6) is 0 Å². The van der Waals surface area contributed by atoms with Crippen LogP contribution in [0.4, 0.5) is 20.7 Å². The molecule has 0 spiro atoms. The molecule has 0 saturated carbocycles. The van der Waals surface area contributed by atoms with E-state index in [4.69, 9.17) is 10.5 Å². The minimum absolute atomic E-state index is 0.156. The molecule has 0 atom stereocenters. The van der Waals surface area contributed by atoms with E-state index in [1.54, 1.807) is 4.90 Å². The molecule has 0 radical (unpaired) electrons. The number of carbonyl (C=O) groups is 1. The van der Waals surface area contributed by atoms with E-state index >= 15 is 0 Å². The number of carbonyl (C=O) groups excluding carboxylic acids is 1. The summed E-state index contributed by atoms with van der Waals surface area (Å²) in [4.78, 5) is 19.3. The third-order valence-corrected chi connectivity index (χ3v) is 3.13. The van der Waals surface area contributed by atoms with E-state index in [-0.39, 0.29) is 11.9 Å². The first kappa shape index (κ1) is 15.3. The van der Waals surface area contributed by atoms with Gasteiger partial charge in [0.1, 0.15) is 11.4 Å². The van der Waals surface area contributed by atoms with Crippen molar-refractivity contribution in [3.63, 3.8) is 0 Å². The zero-order chi connectivity index (χ0) is 15.6. The number of anilines is 2. The summed E-state index contributed by atoms with van der Waals surface area (Å²) < 4.78 is 19.2. The Hall–Kier alpha value is -2.05. The lowest BCUT2D eigenvalue weighted by molar-refractivity contribution is 0.0240. The minimum Gasteiger partial charge on any atom is -0.444 e. The fourth-order valence-electron chi connectivity index (χ4n) is 2.13. The van der Waals surface area contributed by atoms with Crippen LogP contribution >= 0.6 is 0 Å². The summed E-state index contributed by atoms with van der Waals surface area (Å²) in [6.45, 7) is 7.52. The van der Waals surface area contributed by atoms with Gasteiger partial charge in [-0.2, -0.15) is 0 Å². The lowest BCUT2D eigenvalue weighted by Crippen LogP contribution is -2.50. The van der Waals surface area contributed by atoms with Crippen LogP contribution in [0.1, 0.15) is 20.8 Å². The molecule has 21 heavy (non-hydrogen) atoms. The van der Waals surface area contributed by atoms with Gasteiger partial charge in [-0.25, -0.2) is 14.2 Å². The largest absolute Gasteiger partial charge is 0.444 e. The molecule has 1 amide bonds. The van der Waals surface area contributed by atoms with Crippen LogP contribution in [0.2, 0.25) is 0 Å². The number of nitrogen functional groups attached to an aromatic ring is 1. The molecule has 1 aliphatic rings. The predicted molar refractivity (Wildman–Crippen MR) is 78.6 cm³/mol. The standard InChI is InChI=1S/C14H21FN4O2/c1-14(2,3)21-13(20)19-6-4-18(5-7-19)11-9-17-12(16)8-10(11)15/h8-9H,4-7H2,1-3H3,(H2,16,17). The average Bonchev–Trinajstić information content (AvgIpc) is 2.37. The Morgan fingerprint density at radius 3 is 2.48 bits per heavy atom. The zero-order valence-corrected chi connectivity index (χ0v) is 12.6. The Morgan fingerprint density at radius 1 is 1.33 bits per heavy atom. The van der Waals surface area contributed by atoms with Gasteiger partial charge in [-0.3, -0.25) is 0 Å². The predicted octanol–water partition coefficient (Wildman–Crippen LogP) is 1.86. The van der Waals surface area contributed by atoms with E-state index in [1.807, 2.05) is 25.7 Å². The number of hydrogen-bond donors (Lipinski definition) is 1. The van der Waals surface area contributed by atoms with E-state index in [0.29, 0.717) is 31.9 Å². The number of nitrogens with two attached hydrogens (primary N) is 1. The molecular weight excluding hydrogens is 275 g/mol. The highest BCUT2D eigenvalue weighted by Gasteiger charge is 2.26. The molecule has 6 nitrogen and oxygen atoms in total. The molecule has 0 aliphatic carbocycles. The number of rotatable bonds is 1. The lowest BCUT2D eigenvalue weighted by atomic mass is 10.2. The van der Waals surface area contributed by atoms with Crippen LogP contribution < -0.4 is 10.6 Å². The molecule has 0 bridgehead atoms. The first-order valence-corrected chi connectivity index (χ1v) is 6.90. The van der Waals surface area contributed by atoms with Crippen LogP contribution in [0.3, 0.4) is 0 Å². The average molecular weight is 296 g/mol. The maximum absolute atomic E-state index is 13.8. The third-order valence-electron chi connectivity index (χ3n) is 3.13. The van der Waals surface area contributed by atoms with Gasteiger partial charge >= 0.3 is 6.09 Å². The molecular formula is C14H21FN4O2. The molecule has 7 heteroatoms. The van der Waals surface area contributed by atoms with Crippen molar-refractivity contribution >= 4 is 17.6 Å². The minimum atomic E-state index is -0.513. The molecule has 1 aliphatic heterocycles. The van der Waals surface area contributed by atoms with Crippen molar-refractivity contribution in [2.45, 2.75) is 26.4 Å². The maximum Gasteiger partial charge on any atom is 0.410 e. The van der Waals surface area contributed by atoms with Crippen molar-refractivity contribution < 1.29 is 13.9 Å². The van der Waals surface area contributed by atoms with Crippen molar-refractivity contribution in [1.82, 2.24) is 9.88 Å². The van der Waals surface area contributed by atoms with E-state index in [0.717, 1.165) is 0 Å². The van der Waals surface area contributed by atoms with Gasteiger partial charge in [0.2, 0.25) is 0 Å². The van der Waals surface area contributed by atoms with Crippen molar-refractivity contribution in [1.29, 1.82) is 0 Å². The number of aromatic nitrogens is 1. The molecule has 1 aromatic heterocycles. The summed E-state index contributed by atoms with van der Waals surface area (Å²) in [6, 6.07) is 1.20. The van der Waals surface area contributed by atoms with Gasteiger partial charge in [-0.05, 0) is 20.8 Å². The number of halogens is 1. The Bertz CT molecular complexity index is 522. The number of nitrogens with zero attached hydrogens (tertiary/aromatic N) is 3. The van der Waals surface area contributed by atoms with Crippen LogP contribution in [0.15, 0.2) is 12.3 Å². The summed E-state index contributed by atoms with van der Waals surface area (Å²) in [5.74, 6) is -0.239. The Labute approximate surface area is 123 Å². The summed E-state index contributed by atoms with van der Waals surface area (Å²) in [5, 5.41) is 0. The fraction of sp³-hybridized carbons (Fsp3) is 0.571. The molecule has 0 unspecified atom stereocenters. The molecule has 0 aromatic carbocycles. The number of amides is 1. The Balaban J connectivity index is 1.95. The summed E-state index contributed by atoms with van der Waals surface area (Å²) >= 11 is 0. The van der Waals surface area contributed by atoms with Crippen molar-refractivity contribution in [3.8, 4) is 0 Å². The quantitative estimate of drug-likeness (QED) is 0.856. The highest BCUT2D eigenvalue weighted by atomic mass is 19.1. The summed E-state index contributed by atoms with van der Waals surface area (Å²) in [6.07, 6.45) is 1.09. The van der Waals surface area contributed by atoms with E-state index in [9.17, 15) is 9.18 Å². The first-order chi connectivity index (χ1) is 9.76. The van der Waals surface area contributed by atoms with Gasteiger partial charge in [-0.1, -0.05) is 0 Å². The van der Waals surface area contributed by atoms with E-state index in [1.165, 1.54) is 12.3 Å². The zero-order valence-electron chi connectivity index (χ0n) is 12.6. The Kier molecular flexibility index (Phi) is 4.20. The van der Waals surface area contributed by atoms with E-state index in [2.05, 4.69) is 4.98 Å². The number of ether oxygens (including phenoxy) is 1. The van der Waals surface area contributed by atoms with Gasteiger partial charge < -0.3 is 20.3 Å². The van der Waals surface area contributed by atoms with Crippen LogP contribution in [-0.4, -0.2) is 47.8 Å². The van der Waals surface area contributed by atoms with Crippen LogP contribution in [-0.2, 0) is 4.74 Å². The highest BCUT2D eigenvalue weighted by molar-refractivity contribution is 5.68. The highest BCUT2D eigenvalue weighted by Crippen LogP contribution is 2.21. The summed E-state index contributed by atoms with van der Waals surface area (Å²) in [5.41, 5.74) is 5.34. The molecule has 1 aromatic rings. The molecule has 1 saturated heterocycles. The van der Waals surface area contributed by atoms with Crippen molar-refractivity contribution in [2.75, 3.05) is 36.8 Å². The third kappa shape index (κ3) is 3.96. The number of pyridine rings is 1. The molecule has 116 valence electrons. The normalized spacial score (nSPS) is 16.0. The molecule has 2 N–H and O–H groups in total. The number of hydrogen-bond acceptors (Lipinski definition) is 5. The second-order valence-electron chi connectivity index (χ2n) is 6.02. The lowest BCUT2D eigenvalue weighted by Gasteiger charge is -2.36. The SMILES string of the molecule is CC(C)(C)OC(=O)N1CCN(c2cnc(N)cc2F)CC1. The second-order valence-corrected chi connectivity index (χ2v) is 6.02. The van der Waals surface area contributed by atoms with Gasteiger partial charge in [0, 0.05) is 32.2 Å². The van der Waals surface area contributed by atoms with Gasteiger partial charge in [0.25, 0.3) is 0 Å². The van der Waals surface area contributed by atoms with Crippen molar-refractivity contribution in [2.24, 2.45) is 0 Å². The van der Waals surface area contributed by atoms with Crippen LogP contribution in [0.25, 0.3) is 0 Å². The van der Waals surface area contributed by atoms with Crippen LogP contribution in [0, 0.1) is 5.82 Å². The topological polar surface area (TPSA) is 71.7 Å². The van der Waals surface area contributed by atoms with E-state index < -0.39 is 11.4 Å². The molecule has 2 rings (SSSR count). The van der Waals surface area contributed by atoms with Gasteiger partial charge in [0.05, 0.1) is 11.9 Å². The summed E-state index contributed by atoms with van der Waals surface area (Å²) in [7, 11) is 0. The Morgan fingerprint density at radius 2 is 1.95 bits per heavy atom. The first-order valence-electron chi connectivity index (χ1n) is 6.90. The fourth-order valence-corrected chi connectivity index (χ4v) is 2.13. The monoisotopic (exact) mass is 296 g/mol. The van der Waals surface area contributed by atoms with Gasteiger partial charge in [0.15, 0.2) is 5.82 Å². The van der Waals surface area contributed by atoms with Gasteiger partial charge in [-0.15, -0.1) is 0 Å². The number of piperazine rings is 1. The molecule has 2 heterocycles. The second kappa shape index (κ2) is 5.75. The molecule has 1 fully saturated rings.